The van der Waals surface area contributed by atoms with Crippen LogP contribution in [0.4, 0.5) is 0 Å². The molecule has 146 valence electrons. The maximum Gasteiger partial charge on any atom is 0.226 e. The molecule has 0 aliphatic heterocycles. The largest absolute Gasteiger partial charge is 0.352 e. The van der Waals surface area contributed by atoms with Gasteiger partial charge in [0.1, 0.15) is 17.7 Å². The van der Waals surface area contributed by atoms with E-state index in [2.05, 4.69) is 51.6 Å². The third-order valence-corrected chi connectivity index (χ3v) is 5.53. The summed E-state index contributed by atoms with van der Waals surface area (Å²) in [5.74, 6) is -0.0404. The Labute approximate surface area is 173 Å². The number of aromatic nitrogens is 4. The minimum atomic E-state index is -0.0404. The molecule has 0 aliphatic rings. The van der Waals surface area contributed by atoms with E-state index in [1.807, 2.05) is 29.6 Å². The summed E-state index contributed by atoms with van der Waals surface area (Å²) in [6, 6.07) is 16.3. The summed E-state index contributed by atoms with van der Waals surface area (Å²) in [6.45, 7) is 3.15. The Hall–Kier alpha value is -3.32. The van der Waals surface area contributed by atoms with E-state index in [0.29, 0.717) is 13.1 Å². The van der Waals surface area contributed by atoms with E-state index in [0.717, 1.165) is 27.4 Å². The van der Waals surface area contributed by atoms with Crippen molar-refractivity contribution in [3.8, 4) is 10.6 Å². The number of nitrogens with zero attached hydrogens (tertiary/aromatic N) is 4. The van der Waals surface area contributed by atoms with Gasteiger partial charge < -0.3 is 5.32 Å². The molecular weight excluding hydrogens is 382 g/mol. The second kappa shape index (κ2) is 8.79. The van der Waals surface area contributed by atoms with Crippen LogP contribution in [-0.4, -0.2) is 25.7 Å². The van der Waals surface area contributed by atoms with E-state index < -0.39 is 0 Å². The summed E-state index contributed by atoms with van der Waals surface area (Å²) in [5, 5.41) is 10.0. The molecule has 2 aromatic carbocycles. The lowest BCUT2D eigenvalue weighted by Gasteiger charge is -2.10. The summed E-state index contributed by atoms with van der Waals surface area (Å²) in [6.07, 6.45) is 3.47. The second-order valence-electron chi connectivity index (χ2n) is 6.83. The average Bonchev–Trinajstić information content (AvgIpc) is 3.40. The Morgan fingerprint density at radius 3 is 2.66 bits per heavy atom. The van der Waals surface area contributed by atoms with Crippen molar-refractivity contribution in [2.45, 2.75) is 26.4 Å². The first-order valence-electron chi connectivity index (χ1n) is 9.35. The Balaban J connectivity index is 1.36. The first-order chi connectivity index (χ1) is 14.2. The summed E-state index contributed by atoms with van der Waals surface area (Å²) in [4.78, 5) is 21.0. The van der Waals surface area contributed by atoms with Crippen molar-refractivity contribution < 1.29 is 4.79 Å². The minimum absolute atomic E-state index is 0.0404. The van der Waals surface area contributed by atoms with Crippen molar-refractivity contribution in [3.63, 3.8) is 0 Å². The number of nitrogens with one attached hydrogen (secondary N) is 1. The summed E-state index contributed by atoms with van der Waals surface area (Å²) in [5.41, 5.74) is 5.26. The number of rotatable bonds is 7. The summed E-state index contributed by atoms with van der Waals surface area (Å²) >= 11 is 1.56. The zero-order chi connectivity index (χ0) is 20.1. The third-order valence-electron chi connectivity index (χ3n) is 4.59. The maximum absolute atomic E-state index is 12.4. The normalized spacial score (nSPS) is 10.8. The summed E-state index contributed by atoms with van der Waals surface area (Å²) in [7, 11) is 0. The smallest absolute Gasteiger partial charge is 0.226 e. The molecule has 7 heteroatoms. The third kappa shape index (κ3) is 4.94. The Bertz CT molecular complexity index is 1090. The molecule has 0 radical (unpaired) electrons. The van der Waals surface area contributed by atoms with Gasteiger partial charge in [0.25, 0.3) is 0 Å². The molecule has 1 N–H and O–H groups in total. The molecule has 4 rings (SSSR count). The number of amides is 1. The molecule has 2 aromatic heterocycles. The standard InChI is InChI=1S/C22H21N5OS/c1-16-6-8-17(9-7-16)22-26-20(13-29-22)10-21(28)24-11-18-4-2-3-5-19(18)12-27-15-23-14-25-27/h2-9,13-15H,10-12H2,1H3,(H,24,28). The molecule has 0 bridgehead atoms. The van der Waals surface area contributed by atoms with E-state index in [-0.39, 0.29) is 12.3 Å². The van der Waals surface area contributed by atoms with Crippen molar-refractivity contribution in [2.75, 3.05) is 0 Å². The van der Waals surface area contributed by atoms with Crippen LogP contribution in [-0.2, 0) is 24.3 Å². The molecule has 1 amide bonds. The maximum atomic E-state index is 12.4. The van der Waals surface area contributed by atoms with Crippen molar-refractivity contribution in [1.82, 2.24) is 25.1 Å². The fourth-order valence-electron chi connectivity index (χ4n) is 3.01. The monoisotopic (exact) mass is 403 g/mol. The van der Waals surface area contributed by atoms with E-state index in [9.17, 15) is 4.79 Å². The van der Waals surface area contributed by atoms with Crippen molar-refractivity contribution in [2.24, 2.45) is 0 Å². The molecule has 0 saturated heterocycles. The molecule has 0 saturated carbocycles. The highest BCUT2D eigenvalue weighted by Crippen LogP contribution is 2.24. The number of hydrogen-bond acceptors (Lipinski definition) is 5. The van der Waals surface area contributed by atoms with E-state index >= 15 is 0 Å². The lowest BCUT2D eigenvalue weighted by atomic mass is 10.1. The lowest BCUT2D eigenvalue weighted by Crippen LogP contribution is -2.25. The van der Waals surface area contributed by atoms with Crippen LogP contribution in [0.2, 0.25) is 0 Å². The Morgan fingerprint density at radius 1 is 1.10 bits per heavy atom. The van der Waals surface area contributed by atoms with Gasteiger partial charge in [-0.25, -0.2) is 14.6 Å². The highest BCUT2D eigenvalue weighted by Gasteiger charge is 2.10. The van der Waals surface area contributed by atoms with E-state index in [4.69, 9.17) is 0 Å². The number of carbonyl (C=O) groups is 1. The highest BCUT2D eigenvalue weighted by molar-refractivity contribution is 7.13. The van der Waals surface area contributed by atoms with Gasteiger partial charge in [-0.3, -0.25) is 4.79 Å². The molecule has 0 spiro atoms. The first kappa shape index (κ1) is 19.0. The summed E-state index contributed by atoms with van der Waals surface area (Å²) < 4.78 is 1.77. The number of benzene rings is 2. The van der Waals surface area contributed by atoms with Gasteiger partial charge >= 0.3 is 0 Å². The molecule has 2 heterocycles. The molecule has 0 fully saturated rings. The van der Waals surface area contributed by atoms with Crippen LogP contribution in [0.25, 0.3) is 10.6 Å². The number of aryl methyl sites for hydroxylation is 1. The average molecular weight is 404 g/mol. The molecular formula is C22H21N5OS. The van der Waals surface area contributed by atoms with E-state index in [1.165, 1.54) is 11.9 Å². The molecule has 0 atom stereocenters. The van der Waals surface area contributed by atoms with Gasteiger partial charge in [0.15, 0.2) is 0 Å². The molecule has 0 unspecified atom stereocenters. The van der Waals surface area contributed by atoms with Crippen LogP contribution < -0.4 is 5.32 Å². The van der Waals surface area contributed by atoms with Gasteiger partial charge in [-0.15, -0.1) is 11.3 Å². The Morgan fingerprint density at radius 2 is 1.90 bits per heavy atom. The number of carbonyl (C=O) groups excluding carboxylic acids is 1. The van der Waals surface area contributed by atoms with Crippen LogP contribution in [0.5, 0.6) is 0 Å². The zero-order valence-electron chi connectivity index (χ0n) is 16.1. The second-order valence-corrected chi connectivity index (χ2v) is 7.68. The van der Waals surface area contributed by atoms with Crippen LogP contribution >= 0.6 is 11.3 Å². The SMILES string of the molecule is Cc1ccc(-c2nc(CC(=O)NCc3ccccc3Cn3cncn3)cs2)cc1. The Kier molecular flexibility index (Phi) is 5.76. The van der Waals surface area contributed by atoms with Gasteiger partial charge in [-0.1, -0.05) is 54.1 Å². The lowest BCUT2D eigenvalue weighted by molar-refractivity contribution is -0.120. The predicted octanol–water partition coefficient (Wildman–Crippen LogP) is 3.62. The van der Waals surface area contributed by atoms with Gasteiger partial charge in [-0.2, -0.15) is 5.10 Å². The van der Waals surface area contributed by atoms with Crippen LogP contribution in [0.1, 0.15) is 22.4 Å². The van der Waals surface area contributed by atoms with Gasteiger partial charge in [0.2, 0.25) is 5.91 Å². The quantitative estimate of drug-likeness (QED) is 0.512. The van der Waals surface area contributed by atoms with Crippen LogP contribution in [0.15, 0.2) is 66.6 Å². The number of hydrogen-bond donors (Lipinski definition) is 1. The van der Waals surface area contributed by atoms with Gasteiger partial charge in [0, 0.05) is 17.5 Å². The van der Waals surface area contributed by atoms with Crippen molar-refractivity contribution >= 4 is 17.2 Å². The molecule has 6 nitrogen and oxygen atoms in total. The van der Waals surface area contributed by atoms with Gasteiger partial charge in [-0.05, 0) is 18.1 Å². The fourth-order valence-corrected chi connectivity index (χ4v) is 3.84. The highest BCUT2D eigenvalue weighted by atomic mass is 32.1. The topological polar surface area (TPSA) is 72.7 Å². The molecule has 0 aliphatic carbocycles. The van der Waals surface area contributed by atoms with Gasteiger partial charge in [0.05, 0.1) is 18.7 Å². The molecule has 29 heavy (non-hydrogen) atoms. The molecule has 4 aromatic rings. The van der Waals surface area contributed by atoms with Crippen molar-refractivity contribution in [1.29, 1.82) is 0 Å². The fraction of sp³-hybridized carbons (Fsp3) is 0.182. The predicted molar refractivity (Wildman–Crippen MR) is 113 cm³/mol. The minimum Gasteiger partial charge on any atom is -0.352 e. The van der Waals surface area contributed by atoms with Crippen LogP contribution in [0, 0.1) is 6.92 Å². The first-order valence-corrected chi connectivity index (χ1v) is 10.2. The van der Waals surface area contributed by atoms with E-state index in [1.54, 1.807) is 22.3 Å². The number of thiazole rings is 1. The van der Waals surface area contributed by atoms with Crippen LogP contribution in [0.3, 0.4) is 0 Å². The van der Waals surface area contributed by atoms with Crippen molar-refractivity contribution in [3.05, 3.63) is 88.9 Å². The zero-order valence-corrected chi connectivity index (χ0v) is 16.9.